The summed E-state index contributed by atoms with van der Waals surface area (Å²) in [5.74, 6) is 1.89. The molecule has 1 aromatic carbocycles. The van der Waals surface area contributed by atoms with Crippen molar-refractivity contribution in [3.63, 3.8) is 0 Å². The first kappa shape index (κ1) is 18.6. The number of ether oxygens (including phenoxy) is 1. The zero-order valence-electron chi connectivity index (χ0n) is 15.6. The Morgan fingerprint density at radius 1 is 1.34 bits per heavy atom. The van der Waals surface area contributed by atoms with Crippen molar-refractivity contribution < 1.29 is 14.9 Å². The third kappa shape index (κ3) is 2.78. The molecule has 5 rings (SSSR count). The van der Waals surface area contributed by atoms with Gasteiger partial charge in [-0.15, -0.1) is 0 Å². The summed E-state index contributed by atoms with van der Waals surface area (Å²) in [6.45, 7) is 3.91. The smallest absolute Gasteiger partial charge is 0.138 e. The van der Waals surface area contributed by atoms with Crippen LogP contribution >= 0.6 is 15.9 Å². The van der Waals surface area contributed by atoms with Crippen LogP contribution in [0.25, 0.3) is 10.9 Å². The zero-order valence-corrected chi connectivity index (χ0v) is 17.2. The van der Waals surface area contributed by atoms with Gasteiger partial charge in [0.1, 0.15) is 23.5 Å². The first-order valence-electron chi connectivity index (χ1n) is 9.43. The highest BCUT2D eigenvalue weighted by Crippen LogP contribution is 2.68. The quantitative estimate of drug-likeness (QED) is 0.511. The van der Waals surface area contributed by atoms with E-state index < -0.39 is 17.6 Å². The number of aliphatic hydroxyl groups is 2. The number of hydrogen-bond acceptors (Lipinski definition) is 6. The van der Waals surface area contributed by atoms with Gasteiger partial charge in [0.25, 0.3) is 0 Å². The third-order valence-corrected chi connectivity index (χ3v) is 7.01. The summed E-state index contributed by atoms with van der Waals surface area (Å²) in [6.07, 6.45) is 0.928. The molecule has 29 heavy (non-hydrogen) atoms. The third-order valence-electron chi connectivity index (χ3n) is 6.37. The molecule has 3 aromatic rings. The predicted molar refractivity (Wildman–Crippen MR) is 115 cm³/mol. The van der Waals surface area contributed by atoms with Crippen LogP contribution in [-0.4, -0.2) is 45.3 Å². The Morgan fingerprint density at radius 2 is 2.17 bits per heavy atom. The second-order valence-electron chi connectivity index (χ2n) is 7.90. The Labute approximate surface area is 176 Å². The molecule has 0 aliphatic heterocycles. The molecule has 8 heteroatoms. The second-order valence-corrected chi connectivity index (χ2v) is 8.75. The minimum atomic E-state index is -0.874. The molecular formula is C21H21BrN4O3. The molecule has 0 radical (unpaired) electrons. The molecule has 2 saturated carbocycles. The molecule has 0 spiro atoms. The summed E-state index contributed by atoms with van der Waals surface area (Å²) in [4.78, 5) is 8.39. The summed E-state index contributed by atoms with van der Waals surface area (Å²) >= 11 is 3.38. The maximum Gasteiger partial charge on any atom is 0.138 e. The highest BCUT2D eigenvalue weighted by molar-refractivity contribution is 9.10. The Hall–Kier alpha value is -2.42. The summed E-state index contributed by atoms with van der Waals surface area (Å²) in [7, 11) is 0. The van der Waals surface area contributed by atoms with E-state index in [0.717, 1.165) is 21.8 Å². The molecule has 2 aliphatic rings. The van der Waals surface area contributed by atoms with E-state index in [0.29, 0.717) is 24.0 Å². The van der Waals surface area contributed by atoms with Crippen molar-refractivity contribution >= 4 is 45.2 Å². The van der Waals surface area contributed by atoms with Gasteiger partial charge in [0.05, 0.1) is 28.7 Å². The first-order chi connectivity index (χ1) is 13.9. The molecule has 2 fully saturated rings. The molecule has 5 atom stereocenters. The highest BCUT2D eigenvalue weighted by atomic mass is 79.9. The number of anilines is 1. The van der Waals surface area contributed by atoms with Crippen LogP contribution in [0.1, 0.15) is 12.5 Å². The number of aromatic nitrogens is 2. The minimum Gasteiger partial charge on any atom is -0.493 e. The van der Waals surface area contributed by atoms with Gasteiger partial charge in [-0.2, -0.15) is 0 Å². The standard InChI is InChI=1S/C21H21BrN4O3/c1-24-16-3-2-6-26(16)17-13-9-21(13,19(28)18(17)27)10-29-12-5-4-11-7-14(22)20(23)25-15(11)8-12/h2-8,13,17-19,27-28H,1,9-10H2,(H2,23,25)/t13-,17-,18+,19+,21?/m1/s1. The maximum absolute atomic E-state index is 10.8. The number of halogens is 1. The van der Waals surface area contributed by atoms with Gasteiger partial charge in [0.15, 0.2) is 0 Å². The zero-order chi connectivity index (χ0) is 20.3. The minimum absolute atomic E-state index is 0.116. The van der Waals surface area contributed by atoms with Crippen LogP contribution in [0.2, 0.25) is 0 Å². The number of hydrogen-bond donors (Lipinski definition) is 3. The topological polar surface area (TPSA) is 106 Å². The van der Waals surface area contributed by atoms with Crippen molar-refractivity contribution in [2.75, 3.05) is 12.3 Å². The van der Waals surface area contributed by atoms with E-state index in [9.17, 15) is 10.2 Å². The van der Waals surface area contributed by atoms with E-state index in [-0.39, 0.29) is 12.0 Å². The number of nitrogens with two attached hydrogens (primary N) is 1. The van der Waals surface area contributed by atoms with E-state index in [1.165, 1.54) is 0 Å². The molecule has 2 aromatic heterocycles. The van der Waals surface area contributed by atoms with Crippen LogP contribution in [-0.2, 0) is 0 Å². The number of rotatable bonds is 5. The molecular weight excluding hydrogens is 436 g/mol. The van der Waals surface area contributed by atoms with E-state index in [2.05, 4.69) is 32.6 Å². The lowest BCUT2D eigenvalue weighted by Gasteiger charge is -2.25. The van der Waals surface area contributed by atoms with Gasteiger partial charge in [0.2, 0.25) is 0 Å². The lowest BCUT2D eigenvalue weighted by molar-refractivity contribution is -0.0275. The molecule has 0 saturated heterocycles. The molecule has 2 aliphatic carbocycles. The summed E-state index contributed by atoms with van der Waals surface area (Å²) in [5, 5.41) is 22.4. The van der Waals surface area contributed by atoms with Gasteiger partial charge >= 0.3 is 0 Å². The molecule has 7 nitrogen and oxygen atoms in total. The van der Waals surface area contributed by atoms with Gasteiger partial charge in [-0.25, -0.2) is 9.98 Å². The van der Waals surface area contributed by atoms with Crippen LogP contribution < -0.4 is 10.5 Å². The van der Waals surface area contributed by atoms with Crippen molar-refractivity contribution in [2.45, 2.75) is 24.7 Å². The van der Waals surface area contributed by atoms with Crippen LogP contribution in [0.5, 0.6) is 5.75 Å². The first-order valence-corrected chi connectivity index (χ1v) is 10.2. The van der Waals surface area contributed by atoms with Crippen LogP contribution in [0, 0.1) is 11.3 Å². The molecule has 0 amide bonds. The Balaban J connectivity index is 1.37. The Kier molecular flexibility index (Phi) is 4.20. The number of nitrogen functional groups attached to an aromatic ring is 1. The number of benzene rings is 1. The summed E-state index contributed by atoms with van der Waals surface area (Å²) < 4.78 is 8.70. The van der Waals surface area contributed by atoms with E-state index in [4.69, 9.17) is 10.5 Å². The normalized spacial score (nSPS) is 30.3. The summed E-state index contributed by atoms with van der Waals surface area (Å²) in [5.41, 5.74) is 6.16. The van der Waals surface area contributed by atoms with Crippen LogP contribution in [0.4, 0.5) is 11.6 Å². The predicted octanol–water partition coefficient (Wildman–Crippen LogP) is 3.07. The van der Waals surface area contributed by atoms with E-state index in [1.54, 1.807) is 0 Å². The largest absolute Gasteiger partial charge is 0.493 e. The summed E-state index contributed by atoms with van der Waals surface area (Å²) in [6, 6.07) is 11.0. The van der Waals surface area contributed by atoms with Crippen molar-refractivity contribution in [3.05, 3.63) is 47.1 Å². The number of pyridine rings is 1. The fraction of sp³-hybridized carbons (Fsp3) is 0.333. The number of fused-ring (bicyclic) bond motifs is 2. The Bertz CT molecular complexity index is 1120. The number of nitrogens with zero attached hydrogens (tertiary/aromatic N) is 3. The van der Waals surface area contributed by atoms with Crippen molar-refractivity contribution in [3.8, 4) is 5.75 Å². The average Bonchev–Trinajstić information content (AvgIpc) is 3.15. The van der Waals surface area contributed by atoms with Gasteiger partial charge in [-0.3, -0.25) is 0 Å². The lowest BCUT2D eigenvalue weighted by Crippen LogP contribution is -2.36. The SMILES string of the molecule is C=Nc1cccn1[C@H]1[C@H](O)[C@H](O)C2(COc3ccc4cc(Br)c(N)nc4c3)C[C@H]12. The maximum atomic E-state index is 10.8. The molecule has 1 unspecified atom stereocenters. The fourth-order valence-electron chi connectivity index (χ4n) is 4.74. The average molecular weight is 457 g/mol. The monoisotopic (exact) mass is 456 g/mol. The van der Waals surface area contributed by atoms with Gasteiger partial charge in [0, 0.05) is 23.1 Å². The van der Waals surface area contributed by atoms with Crippen LogP contribution in [0.15, 0.2) is 52.1 Å². The second kappa shape index (κ2) is 6.55. The Morgan fingerprint density at radius 3 is 2.97 bits per heavy atom. The van der Waals surface area contributed by atoms with Crippen molar-refractivity contribution in [1.82, 2.24) is 9.55 Å². The van der Waals surface area contributed by atoms with Crippen molar-refractivity contribution in [1.29, 1.82) is 0 Å². The highest BCUT2D eigenvalue weighted by Gasteiger charge is 2.72. The van der Waals surface area contributed by atoms with Gasteiger partial charge in [-0.1, -0.05) is 0 Å². The molecule has 150 valence electrons. The molecule has 4 N–H and O–H groups in total. The number of aliphatic imine (C=N–C) groups is 1. The number of aliphatic hydroxyl groups excluding tert-OH is 2. The van der Waals surface area contributed by atoms with E-state index >= 15 is 0 Å². The van der Waals surface area contributed by atoms with Crippen molar-refractivity contribution in [2.24, 2.45) is 16.3 Å². The molecule has 0 bridgehead atoms. The lowest BCUT2D eigenvalue weighted by atomic mass is 10.0. The van der Waals surface area contributed by atoms with Gasteiger partial charge in [-0.05, 0) is 65.3 Å². The van der Waals surface area contributed by atoms with Crippen LogP contribution in [0.3, 0.4) is 0 Å². The van der Waals surface area contributed by atoms with E-state index in [1.807, 2.05) is 47.2 Å². The van der Waals surface area contributed by atoms with Gasteiger partial charge < -0.3 is 25.3 Å². The fourth-order valence-corrected chi connectivity index (χ4v) is 5.08. The molecule has 2 heterocycles.